The molecule has 0 aliphatic carbocycles. The molecule has 1 amide bonds. The molecule has 0 heterocycles. The summed E-state index contributed by atoms with van der Waals surface area (Å²) in [7, 11) is 3.46. The number of ketones is 1. The van der Waals surface area contributed by atoms with E-state index in [1.165, 1.54) is 0 Å². The predicted octanol–water partition coefficient (Wildman–Crippen LogP) is 1.45. The third-order valence-corrected chi connectivity index (χ3v) is 2.65. The Bertz CT molecular complexity index is 267. The Balaban J connectivity index is 4.45. The van der Waals surface area contributed by atoms with Crippen LogP contribution in [0.25, 0.3) is 0 Å². The van der Waals surface area contributed by atoms with Gasteiger partial charge in [-0.1, -0.05) is 27.7 Å². The zero-order chi connectivity index (χ0) is 13.6. The summed E-state index contributed by atoms with van der Waals surface area (Å²) in [6.45, 7) is 8.44. The number of Topliss-reactive ketones (excluding diaryl/α,β-unsaturated/α-hetero) is 1. The van der Waals surface area contributed by atoms with Gasteiger partial charge in [-0.2, -0.15) is 0 Å². The number of amides is 1. The van der Waals surface area contributed by atoms with Crippen molar-refractivity contribution in [3.8, 4) is 0 Å². The monoisotopic (exact) mass is 242 g/mol. The minimum Gasteiger partial charge on any atom is -0.349 e. The lowest BCUT2D eigenvalue weighted by Crippen LogP contribution is -2.43. The first kappa shape index (κ1) is 16.1. The van der Waals surface area contributed by atoms with E-state index in [2.05, 4.69) is 5.32 Å². The first-order valence-corrected chi connectivity index (χ1v) is 6.18. The normalized spacial score (nSPS) is 13.3. The molecular formula is C13H26N2O2. The standard InChI is InChI=1S/C13H26N2O2/c1-7-14-10(12(17)13(2,3)4)8-9-11(16)15(5)6/h10,14H,7-9H2,1-6H3. The summed E-state index contributed by atoms with van der Waals surface area (Å²) in [5, 5.41) is 3.16. The highest BCUT2D eigenvalue weighted by atomic mass is 16.2. The molecule has 0 fully saturated rings. The van der Waals surface area contributed by atoms with Crippen LogP contribution < -0.4 is 5.32 Å². The molecule has 17 heavy (non-hydrogen) atoms. The molecule has 0 saturated carbocycles. The van der Waals surface area contributed by atoms with Crippen LogP contribution in [0.2, 0.25) is 0 Å². The van der Waals surface area contributed by atoms with E-state index in [9.17, 15) is 9.59 Å². The highest BCUT2D eigenvalue weighted by Gasteiger charge is 2.29. The van der Waals surface area contributed by atoms with E-state index in [1.54, 1.807) is 19.0 Å². The first-order chi connectivity index (χ1) is 7.70. The van der Waals surface area contributed by atoms with Crippen LogP contribution in [0.1, 0.15) is 40.5 Å². The van der Waals surface area contributed by atoms with Gasteiger partial charge in [0.15, 0.2) is 5.78 Å². The van der Waals surface area contributed by atoms with Crippen LogP contribution in [0.3, 0.4) is 0 Å². The van der Waals surface area contributed by atoms with Crippen LogP contribution in [0.4, 0.5) is 0 Å². The van der Waals surface area contributed by atoms with Crippen molar-refractivity contribution in [1.29, 1.82) is 0 Å². The molecule has 0 rings (SSSR count). The van der Waals surface area contributed by atoms with Gasteiger partial charge in [0.1, 0.15) is 0 Å². The second-order valence-electron chi connectivity index (χ2n) is 5.55. The fourth-order valence-corrected chi connectivity index (χ4v) is 1.59. The van der Waals surface area contributed by atoms with Crippen LogP contribution in [0.5, 0.6) is 0 Å². The molecule has 1 atom stereocenters. The quantitative estimate of drug-likeness (QED) is 0.767. The molecule has 0 bridgehead atoms. The molecule has 4 nitrogen and oxygen atoms in total. The summed E-state index contributed by atoms with van der Waals surface area (Å²) in [4.78, 5) is 25.2. The molecule has 4 heteroatoms. The van der Waals surface area contributed by atoms with Crippen molar-refractivity contribution in [2.75, 3.05) is 20.6 Å². The van der Waals surface area contributed by atoms with Gasteiger partial charge in [-0.3, -0.25) is 9.59 Å². The van der Waals surface area contributed by atoms with Crippen LogP contribution in [0.15, 0.2) is 0 Å². The second-order valence-corrected chi connectivity index (χ2v) is 5.55. The Kier molecular flexibility index (Phi) is 6.39. The molecule has 1 unspecified atom stereocenters. The molecule has 1 N–H and O–H groups in total. The Morgan fingerprint density at radius 1 is 1.24 bits per heavy atom. The molecule has 0 spiro atoms. The Morgan fingerprint density at radius 3 is 2.12 bits per heavy atom. The number of carbonyl (C=O) groups excluding carboxylic acids is 2. The maximum absolute atomic E-state index is 12.1. The number of hydrogen-bond acceptors (Lipinski definition) is 3. The number of nitrogens with one attached hydrogen (secondary N) is 1. The average Bonchev–Trinajstić information content (AvgIpc) is 2.21. The molecule has 100 valence electrons. The van der Waals surface area contributed by atoms with E-state index < -0.39 is 0 Å². The summed E-state index contributed by atoms with van der Waals surface area (Å²) in [5.41, 5.74) is -0.367. The average molecular weight is 242 g/mol. The minimum atomic E-state index is -0.367. The third kappa shape index (κ3) is 5.82. The highest BCUT2D eigenvalue weighted by Crippen LogP contribution is 2.19. The topological polar surface area (TPSA) is 49.4 Å². The Morgan fingerprint density at radius 2 is 1.76 bits per heavy atom. The van der Waals surface area contributed by atoms with Crippen LogP contribution >= 0.6 is 0 Å². The SMILES string of the molecule is CCNC(CCC(=O)N(C)C)C(=O)C(C)(C)C. The smallest absolute Gasteiger partial charge is 0.222 e. The van der Waals surface area contributed by atoms with Crippen LogP contribution in [0, 0.1) is 5.41 Å². The summed E-state index contributed by atoms with van der Waals surface area (Å²) in [5.74, 6) is 0.237. The summed E-state index contributed by atoms with van der Waals surface area (Å²) in [6.07, 6.45) is 0.980. The van der Waals surface area contributed by atoms with Gasteiger partial charge in [-0.25, -0.2) is 0 Å². The van der Waals surface area contributed by atoms with Gasteiger partial charge < -0.3 is 10.2 Å². The van der Waals surface area contributed by atoms with Gasteiger partial charge in [0, 0.05) is 25.9 Å². The largest absolute Gasteiger partial charge is 0.349 e. The number of nitrogens with zero attached hydrogens (tertiary/aromatic N) is 1. The van der Waals surface area contributed by atoms with E-state index >= 15 is 0 Å². The van der Waals surface area contributed by atoms with Crippen LogP contribution in [-0.4, -0.2) is 43.3 Å². The van der Waals surface area contributed by atoms with Gasteiger partial charge in [0.2, 0.25) is 5.91 Å². The van der Waals surface area contributed by atoms with Gasteiger partial charge in [0.25, 0.3) is 0 Å². The van der Waals surface area contributed by atoms with Gasteiger partial charge in [-0.05, 0) is 13.0 Å². The van der Waals surface area contributed by atoms with Gasteiger partial charge in [-0.15, -0.1) is 0 Å². The van der Waals surface area contributed by atoms with Crippen molar-refractivity contribution in [1.82, 2.24) is 10.2 Å². The zero-order valence-corrected chi connectivity index (χ0v) is 12.0. The van der Waals surface area contributed by atoms with E-state index in [0.717, 1.165) is 6.54 Å². The van der Waals surface area contributed by atoms with Crippen molar-refractivity contribution in [2.45, 2.75) is 46.6 Å². The zero-order valence-electron chi connectivity index (χ0n) is 12.0. The predicted molar refractivity (Wildman–Crippen MR) is 69.9 cm³/mol. The Hall–Kier alpha value is -0.900. The summed E-state index contributed by atoms with van der Waals surface area (Å²) >= 11 is 0. The van der Waals surface area contributed by atoms with E-state index in [-0.39, 0.29) is 23.1 Å². The lowest BCUT2D eigenvalue weighted by molar-refractivity contribution is -0.130. The molecule has 0 saturated heterocycles. The van der Waals surface area contributed by atoms with Crippen molar-refractivity contribution in [3.63, 3.8) is 0 Å². The molecule has 0 aromatic carbocycles. The molecule has 0 aromatic heterocycles. The summed E-state index contributed by atoms with van der Waals surface area (Å²) in [6, 6.07) is -0.219. The lowest BCUT2D eigenvalue weighted by atomic mass is 9.85. The third-order valence-electron chi connectivity index (χ3n) is 2.65. The van der Waals surface area contributed by atoms with Crippen molar-refractivity contribution < 1.29 is 9.59 Å². The fraction of sp³-hybridized carbons (Fsp3) is 0.846. The number of likely N-dealkylation sites (N-methyl/N-ethyl adjacent to an activating group) is 1. The van der Waals surface area contributed by atoms with Crippen molar-refractivity contribution >= 4 is 11.7 Å². The summed E-state index contributed by atoms with van der Waals surface area (Å²) < 4.78 is 0. The molecule has 0 aromatic rings. The Labute approximate surface area is 105 Å². The van der Waals surface area contributed by atoms with Crippen molar-refractivity contribution in [3.05, 3.63) is 0 Å². The van der Waals surface area contributed by atoms with Crippen LogP contribution in [-0.2, 0) is 9.59 Å². The second kappa shape index (κ2) is 6.74. The first-order valence-electron chi connectivity index (χ1n) is 6.18. The fourth-order valence-electron chi connectivity index (χ4n) is 1.59. The maximum Gasteiger partial charge on any atom is 0.222 e. The molecule has 0 radical (unpaired) electrons. The van der Waals surface area contributed by atoms with Crippen molar-refractivity contribution in [2.24, 2.45) is 5.41 Å². The number of hydrogen-bond donors (Lipinski definition) is 1. The maximum atomic E-state index is 12.1. The van der Waals surface area contributed by atoms with Gasteiger partial charge >= 0.3 is 0 Å². The van der Waals surface area contributed by atoms with E-state index in [4.69, 9.17) is 0 Å². The molecule has 0 aliphatic rings. The van der Waals surface area contributed by atoms with E-state index in [1.807, 2.05) is 27.7 Å². The highest BCUT2D eigenvalue weighted by molar-refractivity contribution is 5.89. The number of rotatable bonds is 6. The number of carbonyl (C=O) groups is 2. The lowest BCUT2D eigenvalue weighted by Gasteiger charge is -2.25. The minimum absolute atomic E-state index is 0.0645. The molecule has 0 aliphatic heterocycles. The molecular weight excluding hydrogens is 216 g/mol. The van der Waals surface area contributed by atoms with E-state index in [0.29, 0.717) is 12.8 Å². The van der Waals surface area contributed by atoms with Gasteiger partial charge in [0.05, 0.1) is 6.04 Å².